The quantitative estimate of drug-likeness (QED) is 0.792. The third-order valence-electron chi connectivity index (χ3n) is 4.07. The SMILES string of the molecule is Cc1ccc(CCC2=N/C(=C/c3ccc(OC(C)C)cc3)C(=O)N2)cc1. The molecule has 0 atom stereocenters. The van der Waals surface area contributed by atoms with Crippen molar-refractivity contribution in [3.63, 3.8) is 0 Å². The van der Waals surface area contributed by atoms with Crippen LogP contribution in [0.5, 0.6) is 5.75 Å². The van der Waals surface area contributed by atoms with E-state index in [1.54, 1.807) is 6.08 Å². The number of amidine groups is 1. The molecule has 134 valence electrons. The number of ether oxygens (including phenoxy) is 1. The molecule has 3 rings (SSSR count). The first-order chi connectivity index (χ1) is 12.5. The number of hydrogen-bond donors (Lipinski definition) is 1. The monoisotopic (exact) mass is 348 g/mol. The highest BCUT2D eigenvalue weighted by Gasteiger charge is 2.19. The van der Waals surface area contributed by atoms with Crippen LogP contribution in [0.1, 0.15) is 37.0 Å². The number of rotatable bonds is 6. The number of nitrogens with zero attached hydrogens (tertiary/aromatic N) is 1. The van der Waals surface area contributed by atoms with Gasteiger partial charge in [-0.2, -0.15) is 0 Å². The van der Waals surface area contributed by atoms with Gasteiger partial charge in [0.15, 0.2) is 0 Å². The van der Waals surface area contributed by atoms with Crippen molar-refractivity contribution in [2.75, 3.05) is 0 Å². The molecule has 26 heavy (non-hydrogen) atoms. The Labute approximate surface area is 154 Å². The highest BCUT2D eigenvalue weighted by Crippen LogP contribution is 2.18. The normalized spacial score (nSPS) is 15.3. The summed E-state index contributed by atoms with van der Waals surface area (Å²) < 4.78 is 5.63. The first-order valence-corrected chi connectivity index (χ1v) is 8.92. The number of aliphatic imine (C=N–C) groups is 1. The number of carbonyl (C=O) groups is 1. The molecule has 0 spiro atoms. The third-order valence-corrected chi connectivity index (χ3v) is 4.07. The van der Waals surface area contributed by atoms with Gasteiger partial charge in [-0.05, 0) is 56.5 Å². The summed E-state index contributed by atoms with van der Waals surface area (Å²) in [6.07, 6.45) is 3.51. The van der Waals surface area contributed by atoms with Crippen molar-refractivity contribution in [2.45, 2.75) is 39.7 Å². The molecule has 4 nitrogen and oxygen atoms in total. The van der Waals surface area contributed by atoms with E-state index in [4.69, 9.17) is 4.74 Å². The van der Waals surface area contributed by atoms with E-state index in [1.807, 2.05) is 38.1 Å². The van der Waals surface area contributed by atoms with Crippen LogP contribution in [-0.2, 0) is 11.2 Å². The molecule has 1 aliphatic heterocycles. The van der Waals surface area contributed by atoms with E-state index in [-0.39, 0.29) is 12.0 Å². The maximum atomic E-state index is 12.1. The van der Waals surface area contributed by atoms with Crippen LogP contribution in [0.25, 0.3) is 6.08 Å². The van der Waals surface area contributed by atoms with Gasteiger partial charge in [0.1, 0.15) is 17.3 Å². The van der Waals surface area contributed by atoms with Gasteiger partial charge in [0.25, 0.3) is 5.91 Å². The molecule has 0 radical (unpaired) electrons. The van der Waals surface area contributed by atoms with E-state index in [1.165, 1.54) is 11.1 Å². The van der Waals surface area contributed by atoms with Crippen molar-refractivity contribution in [3.8, 4) is 5.75 Å². The van der Waals surface area contributed by atoms with E-state index in [0.29, 0.717) is 12.1 Å². The highest BCUT2D eigenvalue weighted by atomic mass is 16.5. The second kappa shape index (κ2) is 8.00. The summed E-state index contributed by atoms with van der Waals surface area (Å²) in [6.45, 7) is 6.06. The second-order valence-electron chi connectivity index (χ2n) is 6.76. The Hall–Kier alpha value is -2.88. The molecule has 0 aromatic heterocycles. The lowest BCUT2D eigenvalue weighted by Gasteiger charge is -2.09. The van der Waals surface area contributed by atoms with Crippen LogP contribution in [-0.4, -0.2) is 17.8 Å². The summed E-state index contributed by atoms with van der Waals surface area (Å²) in [7, 11) is 0. The number of hydrogen-bond acceptors (Lipinski definition) is 3. The Bertz CT molecular complexity index is 831. The average Bonchev–Trinajstić information content (AvgIpc) is 2.95. The zero-order valence-electron chi connectivity index (χ0n) is 15.5. The van der Waals surface area contributed by atoms with Gasteiger partial charge in [-0.3, -0.25) is 4.79 Å². The fourth-order valence-corrected chi connectivity index (χ4v) is 2.73. The van der Waals surface area contributed by atoms with Crippen LogP contribution in [0.3, 0.4) is 0 Å². The van der Waals surface area contributed by atoms with Crippen LogP contribution in [0.4, 0.5) is 0 Å². The Balaban J connectivity index is 1.65. The van der Waals surface area contributed by atoms with Crippen molar-refractivity contribution in [3.05, 3.63) is 70.9 Å². The lowest BCUT2D eigenvalue weighted by Crippen LogP contribution is -2.24. The van der Waals surface area contributed by atoms with Gasteiger partial charge >= 0.3 is 0 Å². The lowest BCUT2D eigenvalue weighted by atomic mass is 10.1. The summed E-state index contributed by atoms with van der Waals surface area (Å²) in [4.78, 5) is 16.6. The molecule has 0 fully saturated rings. The number of carbonyl (C=O) groups excluding carboxylic acids is 1. The van der Waals surface area contributed by atoms with Crippen LogP contribution in [0.15, 0.2) is 59.2 Å². The Morgan fingerprint density at radius 3 is 2.38 bits per heavy atom. The maximum Gasteiger partial charge on any atom is 0.275 e. The first-order valence-electron chi connectivity index (χ1n) is 8.92. The topological polar surface area (TPSA) is 50.7 Å². The third kappa shape index (κ3) is 4.82. The second-order valence-corrected chi connectivity index (χ2v) is 6.76. The summed E-state index contributed by atoms with van der Waals surface area (Å²) >= 11 is 0. The minimum Gasteiger partial charge on any atom is -0.491 e. The summed E-state index contributed by atoms with van der Waals surface area (Å²) in [5.41, 5.74) is 3.86. The van der Waals surface area contributed by atoms with Gasteiger partial charge in [-0.25, -0.2) is 4.99 Å². The van der Waals surface area contributed by atoms with E-state index in [2.05, 4.69) is 41.5 Å². The highest BCUT2D eigenvalue weighted by molar-refractivity contribution is 6.14. The average molecular weight is 348 g/mol. The minimum absolute atomic E-state index is 0.139. The van der Waals surface area contributed by atoms with Crippen molar-refractivity contribution in [1.29, 1.82) is 0 Å². The van der Waals surface area contributed by atoms with Gasteiger partial charge < -0.3 is 10.1 Å². The molecule has 2 aromatic rings. The molecule has 0 saturated carbocycles. The number of amides is 1. The zero-order chi connectivity index (χ0) is 18.5. The molecule has 0 aliphatic carbocycles. The van der Waals surface area contributed by atoms with Crippen LogP contribution >= 0.6 is 0 Å². The molecule has 0 saturated heterocycles. The van der Waals surface area contributed by atoms with Gasteiger partial charge in [0.05, 0.1) is 6.10 Å². The van der Waals surface area contributed by atoms with Gasteiger partial charge in [-0.1, -0.05) is 42.0 Å². The molecule has 1 aliphatic rings. The van der Waals surface area contributed by atoms with Gasteiger partial charge in [-0.15, -0.1) is 0 Å². The molecular weight excluding hydrogens is 324 g/mol. The zero-order valence-corrected chi connectivity index (χ0v) is 15.5. The largest absolute Gasteiger partial charge is 0.491 e. The van der Waals surface area contributed by atoms with E-state index in [0.717, 1.165) is 23.6 Å². The smallest absolute Gasteiger partial charge is 0.275 e. The van der Waals surface area contributed by atoms with E-state index < -0.39 is 0 Å². The molecule has 2 aromatic carbocycles. The molecule has 4 heteroatoms. The predicted molar refractivity (Wildman–Crippen MR) is 105 cm³/mol. The fourth-order valence-electron chi connectivity index (χ4n) is 2.73. The lowest BCUT2D eigenvalue weighted by molar-refractivity contribution is -0.115. The standard InChI is InChI=1S/C22H24N2O2/c1-15(2)26-19-11-8-18(9-12-19)14-20-22(25)24-21(23-20)13-10-17-6-4-16(3)5-7-17/h4-9,11-12,14-15H,10,13H2,1-3H3,(H,23,24,25)/b20-14+. The van der Waals surface area contributed by atoms with Crippen molar-refractivity contribution < 1.29 is 9.53 Å². The predicted octanol–water partition coefficient (Wildman–Crippen LogP) is 4.28. The van der Waals surface area contributed by atoms with Crippen LogP contribution in [0, 0.1) is 6.92 Å². The van der Waals surface area contributed by atoms with E-state index in [9.17, 15) is 4.79 Å². The van der Waals surface area contributed by atoms with Gasteiger partial charge in [0, 0.05) is 6.42 Å². The van der Waals surface area contributed by atoms with Crippen LogP contribution in [0.2, 0.25) is 0 Å². The molecule has 1 N–H and O–H groups in total. The van der Waals surface area contributed by atoms with Gasteiger partial charge in [0.2, 0.25) is 0 Å². The molecule has 0 bridgehead atoms. The number of benzene rings is 2. The first kappa shape index (κ1) is 17.9. The van der Waals surface area contributed by atoms with Crippen molar-refractivity contribution in [1.82, 2.24) is 5.32 Å². The summed E-state index contributed by atoms with van der Waals surface area (Å²) in [6, 6.07) is 16.1. The number of aryl methyl sites for hydroxylation is 2. The van der Waals surface area contributed by atoms with E-state index >= 15 is 0 Å². The molecule has 1 heterocycles. The van der Waals surface area contributed by atoms with Crippen molar-refractivity contribution >= 4 is 17.8 Å². The Morgan fingerprint density at radius 1 is 1.04 bits per heavy atom. The maximum absolute atomic E-state index is 12.1. The Kier molecular flexibility index (Phi) is 5.52. The summed E-state index contributed by atoms with van der Waals surface area (Å²) in [5.74, 6) is 1.40. The van der Waals surface area contributed by atoms with Crippen molar-refractivity contribution in [2.24, 2.45) is 4.99 Å². The molecular formula is C22H24N2O2. The number of nitrogens with one attached hydrogen (secondary N) is 1. The minimum atomic E-state index is -0.147. The van der Waals surface area contributed by atoms with Crippen LogP contribution < -0.4 is 10.1 Å². The summed E-state index contributed by atoms with van der Waals surface area (Å²) in [5, 5.41) is 2.86. The fraction of sp³-hybridized carbons (Fsp3) is 0.273. The Morgan fingerprint density at radius 2 is 1.73 bits per heavy atom. The molecule has 0 unspecified atom stereocenters. The molecule has 1 amide bonds.